The number of ether oxygens (including phenoxy) is 1. The van der Waals surface area contributed by atoms with E-state index < -0.39 is 0 Å². The van der Waals surface area contributed by atoms with E-state index in [0.717, 1.165) is 23.3 Å². The van der Waals surface area contributed by atoms with Crippen LogP contribution in [0.15, 0.2) is 42.6 Å². The highest BCUT2D eigenvalue weighted by molar-refractivity contribution is 5.40. The number of pyridine rings is 1. The van der Waals surface area contributed by atoms with Crippen LogP contribution in [0.4, 0.5) is 5.82 Å². The molecule has 2 N–H and O–H groups in total. The van der Waals surface area contributed by atoms with Gasteiger partial charge in [-0.05, 0) is 30.2 Å². The van der Waals surface area contributed by atoms with E-state index in [2.05, 4.69) is 11.1 Å². The minimum absolute atomic E-state index is 0.590. The van der Waals surface area contributed by atoms with Gasteiger partial charge in [-0.3, -0.25) is 0 Å². The van der Waals surface area contributed by atoms with Gasteiger partial charge in [0.1, 0.15) is 11.6 Å². The summed E-state index contributed by atoms with van der Waals surface area (Å²) >= 11 is 0. The second-order valence-corrected chi connectivity index (χ2v) is 3.97. The number of rotatable bonds is 4. The summed E-state index contributed by atoms with van der Waals surface area (Å²) in [6.45, 7) is 2.62. The van der Waals surface area contributed by atoms with Gasteiger partial charge in [-0.15, -0.1) is 0 Å². The van der Waals surface area contributed by atoms with Crippen molar-refractivity contribution in [3.05, 3.63) is 53.7 Å². The van der Waals surface area contributed by atoms with Crippen molar-refractivity contribution < 1.29 is 4.74 Å². The number of aromatic nitrogens is 1. The Bertz CT molecular complexity index is 483. The first-order valence-electron chi connectivity index (χ1n) is 5.64. The number of benzene rings is 1. The van der Waals surface area contributed by atoms with Crippen LogP contribution in [0, 0.1) is 6.92 Å². The van der Waals surface area contributed by atoms with Gasteiger partial charge < -0.3 is 10.5 Å². The maximum absolute atomic E-state index is 5.80. The van der Waals surface area contributed by atoms with Gasteiger partial charge in [-0.25, -0.2) is 4.98 Å². The fourth-order valence-corrected chi connectivity index (χ4v) is 1.64. The molecule has 2 rings (SSSR count). The molecule has 0 bridgehead atoms. The first kappa shape index (κ1) is 11.5. The summed E-state index contributed by atoms with van der Waals surface area (Å²) in [4.78, 5) is 4.13. The molecule has 0 aliphatic rings. The summed E-state index contributed by atoms with van der Waals surface area (Å²) in [5.41, 5.74) is 7.96. The minimum atomic E-state index is 0.590. The number of para-hydroxylation sites is 1. The van der Waals surface area contributed by atoms with Crippen LogP contribution in [0.5, 0.6) is 5.75 Å². The second-order valence-electron chi connectivity index (χ2n) is 3.97. The third kappa shape index (κ3) is 3.21. The van der Waals surface area contributed by atoms with E-state index >= 15 is 0 Å². The molecule has 0 saturated heterocycles. The summed E-state index contributed by atoms with van der Waals surface area (Å²) in [6.07, 6.45) is 2.55. The number of anilines is 1. The van der Waals surface area contributed by atoms with Crippen LogP contribution in [-0.4, -0.2) is 11.6 Å². The van der Waals surface area contributed by atoms with Crippen LogP contribution in [0.1, 0.15) is 11.1 Å². The summed E-state index contributed by atoms with van der Waals surface area (Å²) in [6, 6.07) is 11.8. The fourth-order valence-electron chi connectivity index (χ4n) is 1.64. The van der Waals surface area contributed by atoms with Crippen molar-refractivity contribution in [1.29, 1.82) is 0 Å². The predicted octanol–water partition coefficient (Wildman–Crippen LogP) is 2.59. The Morgan fingerprint density at radius 1 is 1.24 bits per heavy atom. The molecule has 0 atom stereocenters. The van der Waals surface area contributed by atoms with Crippen molar-refractivity contribution >= 4 is 5.82 Å². The van der Waals surface area contributed by atoms with E-state index in [1.54, 1.807) is 6.20 Å². The number of nitrogens with two attached hydrogens (primary N) is 1. The van der Waals surface area contributed by atoms with Crippen molar-refractivity contribution in [3.63, 3.8) is 0 Å². The van der Waals surface area contributed by atoms with Crippen molar-refractivity contribution in [2.75, 3.05) is 12.3 Å². The number of nitrogen functional groups attached to an aromatic ring is 1. The topological polar surface area (TPSA) is 48.1 Å². The van der Waals surface area contributed by atoms with E-state index in [1.807, 2.05) is 37.3 Å². The predicted molar refractivity (Wildman–Crippen MR) is 69.0 cm³/mol. The zero-order valence-electron chi connectivity index (χ0n) is 9.89. The molecule has 0 spiro atoms. The second kappa shape index (κ2) is 5.34. The van der Waals surface area contributed by atoms with Gasteiger partial charge in [0.05, 0.1) is 6.61 Å². The van der Waals surface area contributed by atoms with E-state index in [4.69, 9.17) is 10.5 Å². The number of hydrogen-bond acceptors (Lipinski definition) is 3. The molecule has 0 radical (unpaired) electrons. The molecule has 88 valence electrons. The van der Waals surface area contributed by atoms with Crippen molar-refractivity contribution in [2.45, 2.75) is 13.3 Å². The molecule has 0 amide bonds. The molecule has 0 aliphatic carbocycles. The zero-order chi connectivity index (χ0) is 12.1. The summed E-state index contributed by atoms with van der Waals surface area (Å²) in [5.74, 6) is 1.47. The lowest BCUT2D eigenvalue weighted by Crippen LogP contribution is -2.05. The Hall–Kier alpha value is -2.03. The van der Waals surface area contributed by atoms with Crippen LogP contribution in [0.25, 0.3) is 0 Å². The quantitative estimate of drug-likeness (QED) is 0.875. The monoisotopic (exact) mass is 228 g/mol. The molecule has 17 heavy (non-hydrogen) atoms. The maximum atomic E-state index is 5.80. The highest BCUT2D eigenvalue weighted by atomic mass is 16.5. The highest BCUT2D eigenvalue weighted by Crippen LogP contribution is 2.13. The Labute approximate surface area is 101 Å². The average Bonchev–Trinajstić information content (AvgIpc) is 2.35. The summed E-state index contributed by atoms with van der Waals surface area (Å²) in [5, 5.41) is 0. The van der Waals surface area contributed by atoms with Gasteiger partial charge in [-0.1, -0.05) is 24.3 Å². The Morgan fingerprint density at radius 3 is 2.76 bits per heavy atom. The lowest BCUT2D eigenvalue weighted by Gasteiger charge is -2.08. The van der Waals surface area contributed by atoms with E-state index in [-0.39, 0.29) is 0 Å². The Morgan fingerprint density at radius 2 is 2.00 bits per heavy atom. The van der Waals surface area contributed by atoms with Gasteiger partial charge in [0, 0.05) is 12.6 Å². The summed E-state index contributed by atoms with van der Waals surface area (Å²) in [7, 11) is 0. The van der Waals surface area contributed by atoms with Gasteiger partial charge in [0.15, 0.2) is 0 Å². The van der Waals surface area contributed by atoms with Crippen LogP contribution in [0.2, 0.25) is 0 Å². The molecule has 2 aromatic rings. The molecule has 1 aromatic carbocycles. The van der Waals surface area contributed by atoms with Crippen molar-refractivity contribution in [2.24, 2.45) is 0 Å². The molecule has 0 fully saturated rings. The molecular formula is C14H16N2O. The van der Waals surface area contributed by atoms with Crippen LogP contribution in [0.3, 0.4) is 0 Å². The normalized spacial score (nSPS) is 10.2. The van der Waals surface area contributed by atoms with Crippen LogP contribution >= 0.6 is 0 Å². The lowest BCUT2D eigenvalue weighted by molar-refractivity contribution is 0.322. The molecule has 0 unspecified atom stereocenters. The highest BCUT2D eigenvalue weighted by Gasteiger charge is 2.01. The first-order valence-corrected chi connectivity index (χ1v) is 5.64. The van der Waals surface area contributed by atoms with Crippen molar-refractivity contribution in [3.8, 4) is 5.75 Å². The van der Waals surface area contributed by atoms with E-state index in [1.165, 1.54) is 0 Å². The molecule has 1 heterocycles. The van der Waals surface area contributed by atoms with E-state index in [0.29, 0.717) is 12.4 Å². The van der Waals surface area contributed by atoms with E-state index in [9.17, 15) is 0 Å². The molecular weight excluding hydrogens is 212 g/mol. The SMILES string of the molecule is Cc1cnc(N)c(CCOc2ccccc2)c1. The maximum Gasteiger partial charge on any atom is 0.126 e. The number of nitrogens with zero attached hydrogens (tertiary/aromatic N) is 1. The molecule has 0 aliphatic heterocycles. The third-order valence-corrected chi connectivity index (χ3v) is 2.52. The largest absolute Gasteiger partial charge is 0.493 e. The lowest BCUT2D eigenvalue weighted by atomic mass is 10.1. The van der Waals surface area contributed by atoms with Crippen molar-refractivity contribution in [1.82, 2.24) is 4.98 Å². The molecule has 0 saturated carbocycles. The smallest absolute Gasteiger partial charge is 0.126 e. The standard InChI is InChI=1S/C14H16N2O/c1-11-9-12(14(15)16-10-11)7-8-17-13-5-3-2-4-6-13/h2-6,9-10H,7-8H2,1H3,(H2,15,16). The van der Waals surface area contributed by atoms with Gasteiger partial charge in [0.2, 0.25) is 0 Å². The van der Waals surface area contributed by atoms with Crippen LogP contribution < -0.4 is 10.5 Å². The van der Waals surface area contributed by atoms with Crippen LogP contribution in [-0.2, 0) is 6.42 Å². The molecule has 3 nitrogen and oxygen atoms in total. The number of hydrogen-bond donors (Lipinski definition) is 1. The molecule has 3 heteroatoms. The zero-order valence-corrected chi connectivity index (χ0v) is 9.89. The van der Waals surface area contributed by atoms with Gasteiger partial charge >= 0.3 is 0 Å². The van der Waals surface area contributed by atoms with Gasteiger partial charge in [0.25, 0.3) is 0 Å². The number of aryl methyl sites for hydroxylation is 1. The summed E-state index contributed by atoms with van der Waals surface area (Å²) < 4.78 is 5.62. The average molecular weight is 228 g/mol. The minimum Gasteiger partial charge on any atom is -0.493 e. The Kier molecular flexibility index (Phi) is 3.60. The third-order valence-electron chi connectivity index (χ3n) is 2.52. The Balaban J connectivity index is 1.92. The fraction of sp³-hybridized carbons (Fsp3) is 0.214. The first-order chi connectivity index (χ1) is 8.25. The molecule has 1 aromatic heterocycles. The van der Waals surface area contributed by atoms with Gasteiger partial charge in [-0.2, -0.15) is 0 Å².